The lowest BCUT2D eigenvalue weighted by molar-refractivity contribution is -0.145. The molecule has 0 heterocycles. The van der Waals surface area contributed by atoms with Gasteiger partial charge in [0.2, 0.25) is 0 Å². The maximum atomic E-state index is 11.2. The summed E-state index contributed by atoms with van der Waals surface area (Å²) in [5.41, 5.74) is 2.45. The van der Waals surface area contributed by atoms with Crippen LogP contribution in [0.3, 0.4) is 0 Å². The van der Waals surface area contributed by atoms with Gasteiger partial charge in [0, 0.05) is 6.42 Å². The molecule has 0 spiro atoms. The number of ether oxygens (including phenoxy) is 8. The van der Waals surface area contributed by atoms with Gasteiger partial charge in [-0.3, -0.25) is 4.79 Å². The van der Waals surface area contributed by atoms with Gasteiger partial charge in [-0.2, -0.15) is 0 Å². The second kappa shape index (κ2) is 24.1. The average Bonchev–Trinajstić information content (AvgIpc) is 3.10. The van der Waals surface area contributed by atoms with Crippen LogP contribution in [0.15, 0.2) is 91.0 Å². The summed E-state index contributed by atoms with van der Waals surface area (Å²) < 4.78 is 45.0. The van der Waals surface area contributed by atoms with Gasteiger partial charge in [-0.15, -0.1) is 0 Å². The molecule has 9 heteroatoms. The molecule has 0 radical (unpaired) electrons. The summed E-state index contributed by atoms with van der Waals surface area (Å²) in [4.78, 5) is 11.2. The largest absolute Gasteiger partial charge is 0.463 e. The molecule has 0 aliphatic rings. The highest BCUT2D eigenvalue weighted by Gasteiger charge is 2.37. The van der Waals surface area contributed by atoms with Crippen LogP contribution < -0.4 is 0 Å². The predicted octanol–water partition coefficient (Wildman–Crippen LogP) is 5.44. The van der Waals surface area contributed by atoms with Crippen molar-refractivity contribution in [1.82, 2.24) is 0 Å². The highest BCUT2D eigenvalue weighted by Crippen LogP contribution is 2.40. The smallest absolute Gasteiger partial charge is 0.305 e. The van der Waals surface area contributed by atoms with E-state index in [1.807, 2.05) is 61.5 Å². The van der Waals surface area contributed by atoms with Crippen molar-refractivity contribution in [3.8, 4) is 0 Å². The SMILES string of the molecule is CCCC(=O)OCCOCCOCCOCCOCCOCCOCCOC(c1ccccc1)(c1ccccc1)c1ccccc1. The summed E-state index contributed by atoms with van der Waals surface area (Å²) in [7, 11) is 0. The van der Waals surface area contributed by atoms with E-state index >= 15 is 0 Å². The first-order valence-electron chi connectivity index (χ1n) is 16.2. The van der Waals surface area contributed by atoms with E-state index in [2.05, 4.69) is 36.4 Å². The Kier molecular flexibility index (Phi) is 19.5. The second-order valence-electron chi connectivity index (χ2n) is 10.3. The van der Waals surface area contributed by atoms with E-state index in [4.69, 9.17) is 37.9 Å². The summed E-state index contributed by atoms with van der Waals surface area (Å²) in [5.74, 6) is -0.187. The Morgan fingerprint density at radius 3 is 1.09 bits per heavy atom. The molecular weight excluding hydrogens is 588 g/mol. The Balaban J connectivity index is 1.19. The van der Waals surface area contributed by atoms with Gasteiger partial charge in [0.15, 0.2) is 0 Å². The van der Waals surface area contributed by atoms with Crippen LogP contribution in [-0.4, -0.2) is 98.5 Å². The number of hydrogen-bond donors (Lipinski definition) is 0. The maximum Gasteiger partial charge on any atom is 0.305 e. The Hall–Kier alpha value is -3.15. The third kappa shape index (κ3) is 14.1. The molecule has 0 atom stereocenters. The third-order valence-corrected chi connectivity index (χ3v) is 6.89. The predicted molar refractivity (Wildman–Crippen MR) is 176 cm³/mol. The summed E-state index contributed by atoms with van der Waals surface area (Å²) in [6, 6.07) is 30.9. The van der Waals surface area contributed by atoms with Gasteiger partial charge >= 0.3 is 5.97 Å². The zero-order valence-corrected chi connectivity index (χ0v) is 27.1. The van der Waals surface area contributed by atoms with Crippen LogP contribution >= 0.6 is 0 Å². The third-order valence-electron chi connectivity index (χ3n) is 6.89. The van der Waals surface area contributed by atoms with E-state index in [9.17, 15) is 4.79 Å². The van der Waals surface area contributed by atoms with Crippen molar-refractivity contribution in [2.24, 2.45) is 0 Å². The molecule has 46 heavy (non-hydrogen) atoms. The average molecular weight is 639 g/mol. The molecule has 252 valence electrons. The molecule has 9 nitrogen and oxygen atoms in total. The first-order valence-corrected chi connectivity index (χ1v) is 16.2. The van der Waals surface area contributed by atoms with E-state index < -0.39 is 5.60 Å². The molecule has 0 unspecified atom stereocenters. The quantitative estimate of drug-likeness (QED) is 0.0615. The molecule has 3 aromatic rings. The molecule has 0 aliphatic heterocycles. The van der Waals surface area contributed by atoms with Crippen LogP contribution in [0.2, 0.25) is 0 Å². The number of hydrogen-bond acceptors (Lipinski definition) is 9. The molecular formula is C37H50O9. The Morgan fingerprint density at radius 1 is 0.457 bits per heavy atom. The van der Waals surface area contributed by atoms with E-state index in [1.54, 1.807) is 0 Å². The molecule has 0 saturated carbocycles. The summed E-state index contributed by atoms with van der Waals surface area (Å²) >= 11 is 0. The van der Waals surface area contributed by atoms with Crippen molar-refractivity contribution in [2.45, 2.75) is 25.4 Å². The number of benzene rings is 3. The normalized spacial score (nSPS) is 11.5. The minimum absolute atomic E-state index is 0.187. The Morgan fingerprint density at radius 2 is 0.761 bits per heavy atom. The standard InChI is InChI=1S/C37H50O9/c1-2-12-36(38)45-31-29-43-27-25-41-23-21-39-19-20-40-22-24-42-26-28-44-30-32-46-37(33-13-6-3-7-14-33,34-15-8-4-9-16-34)35-17-10-5-11-18-35/h3-11,13-18H,2,12,19-32H2,1H3. The van der Waals surface area contributed by atoms with Crippen LogP contribution in [0.1, 0.15) is 36.5 Å². The molecule has 0 N–H and O–H groups in total. The Labute approximate surface area is 274 Å². The lowest BCUT2D eigenvalue weighted by Crippen LogP contribution is -2.34. The van der Waals surface area contributed by atoms with Gasteiger partial charge in [-0.25, -0.2) is 0 Å². The van der Waals surface area contributed by atoms with Gasteiger partial charge in [-0.05, 0) is 23.1 Å². The number of rotatable bonds is 27. The van der Waals surface area contributed by atoms with E-state index in [-0.39, 0.29) is 12.6 Å². The molecule has 0 aliphatic carbocycles. The molecule has 0 amide bonds. The molecule has 3 aromatic carbocycles. The van der Waals surface area contributed by atoms with Crippen molar-refractivity contribution >= 4 is 5.97 Å². The van der Waals surface area contributed by atoms with Crippen LogP contribution in [0.5, 0.6) is 0 Å². The zero-order valence-electron chi connectivity index (χ0n) is 27.1. The summed E-state index contributed by atoms with van der Waals surface area (Å²) in [6.07, 6.45) is 1.23. The van der Waals surface area contributed by atoms with Gasteiger partial charge < -0.3 is 37.9 Å². The van der Waals surface area contributed by atoms with Gasteiger partial charge in [0.25, 0.3) is 0 Å². The van der Waals surface area contributed by atoms with Gasteiger partial charge in [0.05, 0.1) is 85.9 Å². The lowest BCUT2D eigenvalue weighted by atomic mass is 9.80. The molecule has 0 fully saturated rings. The Bertz CT molecular complexity index is 1050. The van der Waals surface area contributed by atoms with Crippen LogP contribution in [0.25, 0.3) is 0 Å². The molecule has 0 aromatic heterocycles. The summed E-state index contributed by atoms with van der Waals surface area (Å²) in [6.45, 7) is 8.23. The fourth-order valence-electron chi connectivity index (χ4n) is 4.71. The lowest BCUT2D eigenvalue weighted by Gasteiger charge is -2.36. The van der Waals surface area contributed by atoms with Gasteiger partial charge in [0.1, 0.15) is 12.2 Å². The first-order chi connectivity index (χ1) is 22.8. The highest BCUT2D eigenvalue weighted by atomic mass is 16.6. The fourth-order valence-corrected chi connectivity index (χ4v) is 4.71. The molecule has 0 bridgehead atoms. The van der Waals surface area contributed by atoms with E-state index in [0.717, 1.165) is 23.1 Å². The van der Waals surface area contributed by atoms with Crippen molar-refractivity contribution in [3.63, 3.8) is 0 Å². The second-order valence-corrected chi connectivity index (χ2v) is 10.3. The van der Waals surface area contributed by atoms with E-state index in [0.29, 0.717) is 92.3 Å². The molecule has 3 rings (SSSR count). The first kappa shape index (κ1) is 37.3. The minimum atomic E-state index is -0.750. The molecule has 0 saturated heterocycles. The highest BCUT2D eigenvalue weighted by molar-refractivity contribution is 5.69. The topological polar surface area (TPSA) is 90.9 Å². The monoisotopic (exact) mass is 638 g/mol. The zero-order chi connectivity index (χ0) is 32.4. The maximum absolute atomic E-state index is 11.2. The van der Waals surface area contributed by atoms with Gasteiger partial charge in [-0.1, -0.05) is 97.9 Å². The number of carbonyl (C=O) groups is 1. The number of esters is 1. The fraction of sp³-hybridized carbons (Fsp3) is 0.486. The van der Waals surface area contributed by atoms with Crippen molar-refractivity contribution < 1.29 is 42.7 Å². The number of carbonyl (C=O) groups excluding carboxylic acids is 1. The van der Waals surface area contributed by atoms with E-state index in [1.165, 1.54) is 0 Å². The minimum Gasteiger partial charge on any atom is -0.463 e. The van der Waals surface area contributed by atoms with Crippen molar-refractivity contribution in [2.75, 3.05) is 92.5 Å². The van der Waals surface area contributed by atoms with Crippen LogP contribution in [-0.2, 0) is 48.3 Å². The van der Waals surface area contributed by atoms with Crippen molar-refractivity contribution in [1.29, 1.82) is 0 Å². The van der Waals surface area contributed by atoms with Crippen molar-refractivity contribution in [3.05, 3.63) is 108 Å². The van der Waals surface area contributed by atoms with Crippen LogP contribution in [0, 0.1) is 0 Å². The summed E-state index contributed by atoms with van der Waals surface area (Å²) in [5, 5.41) is 0. The van der Waals surface area contributed by atoms with Crippen LogP contribution in [0.4, 0.5) is 0 Å².